The number of rotatable bonds is 4. The molecule has 2 atom stereocenters. The summed E-state index contributed by atoms with van der Waals surface area (Å²) in [6.07, 6.45) is 1.80. The minimum absolute atomic E-state index is 0.0752. The zero-order valence-corrected chi connectivity index (χ0v) is 17.9. The van der Waals surface area contributed by atoms with Gasteiger partial charge in [-0.3, -0.25) is 4.98 Å². The second kappa shape index (κ2) is 7.59. The van der Waals surface area contributed by atoms with Crippen molar-refractivity contribution in [3.05, 3.63) is 82.7 Å². The summed E-state index contributed by atoms with van der Waals surface area (Å²) in [6, 6.07) is 13.1. The average molecular weight is 409 g/mol. The summed E-state index contributed by atoms with van der Waals surface area (Å²) in [5, 5.41) is 4.09. The summed E-state index contributed by atoms with van der Waals surface area (Å²) in [6.45, 7) is 9.12. The Morgan fingerprint density at radius 2 is 1.93 bits per heavy atom. The van der Waals surface area contributed by atoms with Crippen molar-refractivity contribution in [1.82, 2.24) is 14.9 Å². The van der Waals surface area contributed by atoms with Crippen LogP contribution in [0.2, 0.25) is 0 Å². The van der Waals surface area contributed by atoms with Crippen molar-refractivity contribution >= 4 is 23.0 Å². The van der Waals surface area contributed by atoms with Gasteiger partial charge in [0.25, 0.3) is 0 Å². The number of pyridine rings is 1. The fourth-order valence-corrected chi connectivity index (χ4v) is 4.69. The number of thiocarbonyl (C=S) groups is 1. The molecular weight excluding hydrogens is 383 g/mol. The van der Waals surface area contributed by atoms with Crippen LogP contribution in [0.1, 0.15) is 47.2 Å². The molecule has 0 bridgehead atoms. The molecule has 1 fully saturated rings. The number of benzene rings is 1. The van der Waals surface area contributed by atoms with Crippen molar-refractivity contribution in [3.63, 3.8) is 0 Å². The van der Waals surface area contributed by atoms with Gasteiger partial charge in [-0.15, -0.1) is 0 Å². The number of hydrogen-bond donors (Lipinski definition) is 1. The van der Waals surface area contributed by atoms with Crippen LogP contribution in [-0.2, 0) is 6.54 Å². The lowest BCUT2D eigenvalue weighted by Gasteiger charge is -2.28. The lowest BCUT2D eigenvalue weighted by molar-refractivity contribution is 0.562. The average Bonchev–Trinajstić information content (AvgIpc) is 3.20. The standard InChI is InChI=1S/C23H25FN4S/c1-5-27-15(3)13-18(16(27)4)22-21(20-8-6-7-11-25-20)26-23(29)28(22)17-9-10-19(24)14(2)12-17/h6-13,21-22H,5H2,1-4H3,(H,26,29). The third-order valence-corrected chi connectivity index (χ3v) is 6.08. The van der Waals surface area contributed by atoms with Crippen LogP contribution in [0.3, 0.4) is 0 Å². The van der Waals surface area contributed by atoms with Crippen molar-refractivity contribution in [2.24, 2.45) is 0 Å². The second-order valence-electron chi connectivity index (χ2n) is 7.50. The Kier molecular flexibility index (Phi) is 5.13. The molecular formula is C23H25FN4S. The van der Waals surface area contributed by atoms with Gasteiger partial charge in [0.15, 0.2) is 5.11 Å². The van der Waals surface area contributed by atoms with E-state index in [0.29, 0.717) is 10.7 Å². The first kappa shape index (κ1) is 19.6. The van der Waals surface area contributed by atoms with Crippen LogP contribution >= 0.6 is 12.2 Å². The maximum atomic E-state index is 13.9. The molecule has 4 nitrogen and oxygen atoms in total. The molecule has 0 aliphatic carbocycles. The van der Waals surface area contributed by atoms with Gasteiger partial charge in [-0.05, 0) is 87.4 Å². The van der Waals surface area contributed by atoms with Crippen molar-refractivity contribution in [3.8, 4) is 0 Å². The van der Waals surface area contributed by atoms with E-state index < -0.39 is 0 Å². The van der Waals surface area contributed by atoms with Gasteiger partial charge >= 0.3 is 0 Å². The van der Waals surface area contributed by atoms with E-state index in [0.717, 1.165) is 17.9 Å². The quantitative estimate of drug-likeness (QED) is 0.606. The first-order valence-corrected chi connectivity index (χ1v) is 10.3. The molecule has 1 aromatic carbocycles. The molecule has 0 saturated carbocycles. The van der Waals surface area contributed by atoms with Crippen LogP contribution in [0.15, 0.2) is 48.7 Å². The van der Waals surface area contributed by atoms with Crippen LogP contribution in [0.5, 0.6) is 0 Å². The summed E-state index contributed by atoms with van der Waals surface area (Å²) in [5.41, 5.74) is 6.05. The van der Waals surface area contributed by atoms with Crippen molar-refractivity contribution < 1.29 is 4.39 Å². The number of aryl methyl sites for hydroxylation is 2. The van der Waals surface area contributed by atoms with E-state index in [4.69, 9.17) is 12.2 Å². The highest BCUT2D eigenvalue weighted by Gasteiger charge is 2.42. The summed E-state index contributed by atoms with van der Waals surface area (Å²) >= 11 is 5.75. The van der Waals surface area contributed by atoms with Crippen LogP contribution in [0, 0.1) is 26.6 Å². The minimum Gasteiger partial charge on any atom is -0.351 e. The molecule has 3 heterocycles. The van der Waals surface area contributed by atoms with E-state index in [2.05, 4.69) is 46.6 Å². The topological polar surface area (TPSA) is 33.1 Å². The second-order valence-corrected chi connectivity index (χ2v) is 7.89. The van der Waals surface area contributed by atoms with Gasteiger partial charge in [0.1, 0.15) is 5.82 Å². The fourth-order valence-electron chi connectivity index (χ4n) is 4.34. The Labute approximate surface area is 176 Å². The van der Waals surface area contributed by atoms with E-state index in [9.17, 15) is 4.39 Å². The lowest BCUT2D eigenvalue weighted by atomic mass is 9.96. The largest absolute Gasteiger partial charge is 0.351 e. The van der Waals surface area contributed by atoms with E-state index in [1.165, 1.54) is 23.0 Å². The number of anilines is 1. The SMILES string of the molecule is CCn1c(C)cc(C2C(c3ccccn3)NC(=S)N2c2ccc(F)c(C)c2)c1C. The molecule has 2 unspecified atom stereocenters. The van der Waals surface area contributed by atoms with Gasteiger partial charge in [-0.1, -0.05) is 6.07 Å². The van der Waals surface area contributed by atoms with E-state index >= 15 is 0 Å². The van der Waals surface area contributed by atoms with Crippen LogP contribution in [0.4, 0.5) is 10.1 Å². The maximum absolute atomic E-state index is 13.9. The van der Waals surface area contributed by atoms with Crippen molar-refractivity contribution in [2.75, 3.05) is 4.90 Å². The Morgan fingerprint density at radius 3 is 2.55 bits per heavy atom. The molecule has 1 saturated heterocycles. The smallest absolute Gasteiger partial charge is 0.174 e. The Bertz CT molecular complexity index is 1060. The highest BCUT2D eigenvalue weighted by atomic mass is 32.1. The van der Waals surface area contributed by atoms with E-state index in [1.54, 1.807) is 19.2 Å². The third kappa shape index (κ3) is 3.31. The Hall–Kier alpha value is -2.73. The first-order chi connectivity index (χ1) is 13.9. The number of hydrogen-bond acceptors (Lipinski definition) is 2. The molecule has 2 aromatic heterocycles. The number of nitrogens with zero attached hydrogens (tertiary/aromatic N) is 3. The zero-order chi connectivity index (χ0) is 20.7. The third-order valence-electron chi connectivity index (χ3n) is 5.77. The van der Waals surface area contributed by atoms with Gasteiger partial charge in [-0.2, -0.15) is 0 Å². The van der Waals surface area contributed by atoms with Crippen molar-refractivity contribution in [2.45, 2.75) is 46.3 Å². The highest BCUT2D eigenvalue weighted by molar-refractivity contribution is 7.80. The monoisotopic (exact) mass is 408 g/mol. The summed E-state index contributed by atoms with van der Waals surface area (Å²) in [7, 11) is 0. The van der Waals surface area contributed by atoms with Crippen molar-refractivity contribution in [1.29, 1.82) is 0 Å². The summed E-state index contributed by atoms with van der Waals surface area (Å²) in [4.78, 5) is 6.69. The van der Waals surface area contributed by atoms with E-state index in [1.807, 2.05) is 24.3 Å². The zero-order valence-electron chi connectivity index (χ0n) is 17.1. The van der Waals surface area contributed by atoms with Gasteiger partial charge in [0.05, 0.1) is 17.8 Å². The van der Waals surface area contributed by atoms with Crippen LogP contribution in [-0.4, -0.2) is 14.7 Å². The van der Waals surface area contributed by atoms with Gasteiger partial charge < -0.3 is 14.8 Å². The molecule has 4 rings (SSSR count). The first-order valence-electron chi connectivity index (χ1n) is 9.85. The summed E-state index contributed by atoms with van der Waals surface area (Å²) < 4.78 is 16.2. The fraction of sp³-hybridized carbons (Fsp3) is 0.304. The van der Waals surface area contributed by atoms with Gasteiger partial charge in [-0.25, -0.2) is 4.39 Å². The molecule has 150 valence electrons. The molecule has 1 N–H and O–H groups in total. The predicted octanol–water partition coefficient (Wildman–Crippen LogP) is 5.14. The van der Waals surface area contributed by atoms with Gasteiger partial charge in [0.2, 0.25) is 0 Å². The highest BCUT2D eigenvalue weighted by Crippen LogP contribution is 2.43. The number of aromatic nitrogens is 2. The number of nitrogens with one attached hydrogen (secondary N) is 1. The number of halogens is 1. The minimum atomic E-state index is -0.214. The van der Waals surface area contributed by atoms with Crippen LogP contribution in [0.25, 0.3) is 0 Å². The lowest BCUT2D eigenvalue weighted by Crippen LogP contribution is -2.29. The molecule has 6 heteroatoms. The van der Waals surface area contributed by atoms with E-state index in [-0.39, 0.29) is 17.9 Å². The molecule has 0 spiro atoms. The Balaban J connectivity index is 1.89. The maximum Gasteiger partial charge on any atom is 0.174 e. The van der Waals surface area contributed by atoms with Gasteiger partial charge in [0, 0.05) is 29.8 Å². The molecule has 0 amide bonds. The molecule has 0 radical (unpaired) electrons. The molecule has 29 heavy (non-hydrogen) atoms. The summed E-state index contributed by atoms with van der Waals surface area (Å²) in [5.74, 6) is -0.214. The molecule has 1 aliphatic heterocycles. The Morgan fingerprint density at radius 1 is 1.14 bits per heavy atom. The molecule has 3 aromatic rings. The molecule has 1 aliphatic rings. The predicted molar refractivity (Wildman–Crippen MR) is 119 cm³/mol. The van der Waals surface area contributed by atoms with Crippen LogP contribution < -0.4 is 10.2 Å². The normalized spacial score (nSPS) is 18.9.